The monoisotopic (exact) mass is 273 g/mol. The summed E-state index contributed by atoms with van der Waals surface area (Å²) in [6.07, 6.45) is 1.30. The predicted molar refractivity (Wildman–Crippen MR) is 63.7 cm³/mol. The van der Waals surface area contributed by atoms with E-state index in [4.69, 9.17) is 5.11 Å². The van der Waals surface area contributed by atoms with Gasteiger partial charge >= 0.3 is 12.6 Å². The average Bonchev–Trinajstić information content (AvgIpc) is 2.29. The van der Waals surface area contributed by atoms with Crippen LogP contribution in [0.2, 0.25) is 0 Å². The van der Waals surface area contributed by atoms with Gasteiger partial charge in [0.15, 0.2) is 0 Å². The highest BCUT2D eigenvalue weighted by Crippen LogP contribution is 2.25. The van der Waals surface area contributed by atoms with Gasteiger partial charge in [-0.25, -0.2) is 4.79 Å². The molecule has 1 rings (SSSR count). The Morgan fingerprint density at radius 2 is 2.00 bits per heavy atom. The molecule has 7 heteroatoms. The van der Waals surface area contributed by atoms with E-state index in [1.165, 1.54) is 6.21 Å². The molecule has 0 aliphatic carbocycles. The van der Waals surface area contributed by atoms with Gasteiger partial charge in [0.25, 0.3) is 0 Å². The van der Waals surface area contributed by atoms with Gasteiger partial charge in [0.05, 0.1) is 6.21 Å². The Morgan fingerprint density at radius 1 is 1.42 bits per heavy atom. The number of alkyl halides is 2. The topological polar surface area (TPSA) is 68.1 Å². The van der Waals surface area contributed by atoms with E-state index in [0.717, 1.165) is 0 Å². The van der Waals surface area contributed by atoms with Crippen molar-refractivity contribution in [2.45, 2.75) is 20.5 Å². The van der Waals surface area contributed by atoms with E-state index in [9.17, 15) is 13.6 Å². The number of aryl methyl sites for hydroxylation is 2. The number of carbonyl (C=O) groups is 1. The van der Waals surface area contributed by atoms with E-state index < -0.39 is 19.2 Å². The highest BCUT2D eigenvalue weighted by Gasteiger charge is 2.11. The number of carboxylic acids is 1. The average molecular weight is 273 g/mol. The minimum absolute atomic E-state index is 0.124. The van der Waals surface area contributed by atoms with Gasteiger partial charge in [-0.05, 0) is 42.7 Å². The molecule has 19 heavy (non-hydrogen) atoms. The first-order valence-electron chi connectivity index (χ1n) is 5.33. The smallest absolute Gasteiger partial charge is 0.387 e. The van der Waals surface area contributed by atoms with Crippen LogP contribution in [0.15, 0.2) is 17.3 Å². The first-order valence-corrected chi connectivity index (χ1v) is 5.33. The number of benzene rings is 1. The van der Waals surface area contributed by atoms with E-state index in [-0.39, 0.29) is 5.75 Å². The zero-order valence-corrected chi connectivity index (χ0v) is 10.4. The van der Waals surface area contributed by atoms with E-state index in [1.54, 1.807) is 26.0 Å². The number of hydrogen-bond donors (Lipinski definition) is 1. The van der Waals surface area contributed by atoms with Gasteiger partial charge in [-0.2, -0.15) is 8.78 Å². The summed E-state index contributed by atoms with van der Waals surface area (Å²) in [7, 11) is 0. The SMILES string of the molecule is Cc1cc(C=NOCC(=O)O)cc(C)c1OC(F)F. The Hall–Kier alpha value is -2.18. The summed E-state index contributed by atoms with van der Waals surface area (Å²) < 4.78 is 28.8. The number of aliphatic carboxylic acids is 1. The summed E-state index contributed by atoms with van der Waals surface area (Å²) in [4.78, 5) is 14.7. The van der Waals surface area contributed by atoms with Crippen molar-refractivity contribution in [3.8, 4) is 5.75 Å². The maximum absolute atomic E-state index is 12.2. The number of oxime groups is 1. The van der Waals surface area contributed by atoms with E-state index in [0.29, 0.717) is 16.7 Å². The van der Waals surface area contributed by atoms with Crippen LogP contribution in [0.5, 0.6) is 5.75 Å². The van der Waals surface area contributed by atoms with Crippen LogP contribution in [-0.4, -0.2) is 30.5 Å². The van der Waals surface area contributed by atoms with Crippen molar-refractivity contribution in [2.75, 3.05) is 6.61 Å². The molecule has 0 atom stereocenters. The van der Waals surface area contributed by atoms with Crippen LogP contribution in [-0.2, 0) is 9.63 Å². The van der Waals surface area contributed by atoms with Gasteiger partial charge in [0.2, 0.25) is 6.61 Å². The largest absolute Gasteiger partial charge is 0.479 e. The Balaban J connectivity index is 2.80. The Labute approximate surface area is 108 Å². The molecule has 104 valence electrons. The predicted octanol–water partition coefficient (Wildman–Crippen LogP) is 2.34. The second-order valence-corrected chi connectivity index (χ2v) is 3.76. The number of rotatable bonds is 6. The van der Waals surface area contributed by atoms with Crippen molar-refractivity contribution < 1.29 is 28.3 Å². The van der Waals surface area contributed by atoms with Gasteiger partial charge < -0.3 is 14.7 Å². The summed E-state index contributed by atoms with van der Waals surface area (Å²) in [6, 6.07) is 3.16. The summed E-state index contributed by atoms with van der Waals surface area (Å²) in [5, 5.41) is 11.8. The highest BCUT2D eigenvalue weighted by molar-refractivity contribution is 5.80. The molecule has 1 aromatic carbocycles. The molecule has 0 unspecified atom stereocenters. The van der Waals surface area contributed by atoms with Crippen molar-refractivity contribution in [3.05, 3.63) is 28.8 Å². The van der Waals surface area contributed by atoms with Crippen molar-refractivity contribution in [1.29, 1.82) is 0 Å². The standard InChI is InChI=1S/C12H13F2NO4/c1-7-3-9(5-15-18-6-10(16)17)4-8(2)11(7)19-12(13)14/h3-5,12H,6H2,1-2H3,(H,16,17). The number of nitrogens with zero attached hydrogens (tertiary/aromatic N) is 1. The Bertz CT molecular complexity index is 466. The highest BCUT2D eigenvalue weighted by atomic mass is 19.3. The molecule has 1 aromatic rings. The summed E-state index contributed by atoms with van der Waals surface area (Å²) in [5.41, 5.74) is 1.65. The van der Waals surface area contributed by atoms with E-state index >= 15 is 0 Å². The maximum Gasteiger partial charge on any atom is 0.387 e. The van der Waals surface area contributed by atoms with Gasteiger partial charge in [-0.3, -0.25) is 0 Å². The van der Waals surface area contributed by atoms with E-state index in [2.05, 4.69) is 14.7 Å². The fourth-order valence-corrected chi connectivity index (χ4v) is 1.52. The molecule has 0 saturated carbocycles. The third-order valence-corrected chi connectivity index (χ3v) is 2.15. The molecular formula is C12H13F2NO4. The molecule has 0 heterocycles. The molecule has 0 aliphatic rings. The first-order chi connectivity index (χ1) is 8.90. The zero-order chi connectivity index (χ0) is 14.4. The summed E-state index contributed by atoms with van der Waals surface area (Å²) in [6.45, 7) is -0.169. The lowest BCUT2D eigenvalue weighted by Crippen LogP contribution is -2.05. The molecule has 0 amide bonds. The second-order valence-electron chi connectivity index (χ2n) is 3.76. The Kier molecular flexibility index (Phi) is 5.23. The molecule has 0 aromatic heterocycles. The van der Waals surface area contributed by atoms with Crippen LogP contribution in [0.25, 0.3) is 0 Å². The number of ether oxygens (including phenoxy) is 1. The molecule has 0 radical (unpaired) electrons. The lowest BCUT2D eigenvalue weighted by molar-refractivity contribution is -0.142. The molecular weight excluding hydrogens is 260 g/mol. The van der Waals surface area contributed by atoms with Crippen molar-refractivity contribution >= 4 is 12.2 Å². The number of carboxylic acid groups (broad SMARTS) is 1. The number of hydrogen-bond acceptors (Lipinski definition) is 4. The minimum atomic E-state index is -2.88. The van der Waals surface area contributed by atoms with Crippen LogP contribution < -0.4 is 4.74 Å². The normalized spacial score (nSPS) is 11.0. The fraction of sp³-hybridized carbons (Fsp3) is 0.333. The van der Waals surface area contributed by atoms with Crippen LogP contribution >= 0.6 is 0 Å². The molecule has 5 nitrogen and oxygen atoms in total. The van der Waals surface area contributed by atoms with Crippen molar-refractivity contribution in [3.63, 3.8) is 0 Å². The third kappa shape index (κ3) is 4.90. The molecule has 0 fully saturated rings. The maximum atomic E-state index is 12.2. The van der Waals surface area contributed by atoms with Gasteiger partial charge in [-0.15, -0.1) is 0 Å². The lowest BCUT2D eigenvalue weighted by atomic mass is 10.1. The minimum Gasteiger partial charge on any atom is -0.479 e. The lowest BCUT2D eigenvalue weighted by Gasteiger charge is -2.11. The van der Waals surface area contributed by atoms with Gasteiger partial charge in [0, 0.05) is 0 Å². The van der Waals surface area contributed by atoms with Crippen molar-refractivity contribution in [2.24, 2.45) is 5.16 Å². The van der Waals surface area contributed by atoms with Crippen LogP contribution in [0, 0.1) is 13.8 Å². The van der Waals surface area contributed by atoms with Gasteiger partial charge in [0.1, 0.15) is 5.75 Å². The van der Waals surface area contributed by atoms with Crippen LogP contribution in [0.3, 0.4) is 0 Å². The fourth-order valence-electron chi connectivity index (χ4n) is 1.52. The first kappa shape index (κ1) is 14.9. The molecule has 0 bridgehead atoms. The Morgan fingerprint density at radius 3 is 2.47 bits per heavy atom. The molecule has 0 spiro atoms. The molecule has 0 aliphatic heterocycles. The van der Waals surface area contributed by atoms with Gasteiger partial charge in [-0.1, -0.05) is 5.16 Å². The zero-order valence-electron chi connectivity index (χ0n) is 10.4. The summed E-state index contributed by atoms with van der Waals surface area (Å²) >= 11 is 0. The van der Waals surface area contributed by atoms with Crippen LogP contribution in [0.1, 0.15) is 16.7 Å². The van der Waals surface area contributed by atoms with Crippen LogP contribution in [0.4, 0.5) is 8.78 Å². The quantitative estimate of drug-likeness (QED) is 0.638. The second kappa shape index (κ2) is 6.67. The van der Waals surface area contributed by atoms with Crippen molar-refractivity contribution in [1.82, 2.24) is 0 Å². The number of halogens is 2. The summed E-state index contributed by atoms with van der Waals surface area (Å²) in [5.74, 6) is -1.01. The molecule has 1 N–H and O–H groups in total. The third-order valence-electron chi connectivity index (χ3n) is 2.15. The molecule has 0 saturated heterocycles. The van der Waals surface area contributed by atoms with E-state index in [1.807, 2.05) is 0 Å².